The van der Waals surface area contributed by atoms with E-state index in [2.05, 4.69) is 41.8 Å². The van der Waals surface area contributed by atoms with E-state index >= 15 is 0 Å². The van der Waals surface area contributed by atoms with E-state index in [-0.39, 0.29) is 11.6 Å². The normalized spacial score (nSPS) is 15.3. The Morgan fingerprint density at radius 1 is 1.30 bits per heavy atom. The zero-order valence-electron chi connectivity index (χ0n) is 16.6. The summed E-state index contributed by atoms with van der Waals surface area (Å²) in [5.41, 5.74) is 0.902. The molecule has 2 aromatic heterocycles. The number of aryl methyl sites for hydroxylation is 1. The molecule has 156 valence electrons. The summed E-state index contributed by atoms with van der Waals surface area (Å²) in [5.74, 6) is 0.320. The van der Waals surface area contributed by atoms with E-state index in [0.29, 0.717) is 29.5 Å². The average Bonchev–Trinajstić information content (AvgIpc) is 3.39. The molecule has 0 spiro atoms. The highest BCUT2D eigenvalue weighted by atomic mass is 79.9. The van der Waals surface area contributed by atoms with Crippen molar-refractivity contribution < 1.29 is 9.18 Å². The molecule has 1 fully saturated rings. The molecular weight excluding hydrogens is 451 g/mol. The van der Waals surface area contributed by atoms with Crippen molar-refractivity contribution in [1.29, 1.82) is 0 Å². The maximum absolute atomic E-state index is 14.9. The standard InChI is InChI=1S/C21H22BrFN6O/c1-13-26-27-28-29(13)19-8-6-15(11-18(19)23)17(10-14-4-2-3-5-14)21(30)25-20-9-7-16(22)12-24-20/h6-9,11-12,14,17H,2-5,10H2,1H3,(H,24,25,30). The molecule has 2 heterocycles. The first-order chi connectivity index (χ1) is 14.5. The highest BCUT2D eigenvalue weighted by Gasteiger charge is 2.28. The SMILES string of the molecule is Cc1nnnn1-c1ccc(C(CC2CCCC2)C(=O)Nc2ccc(Br)cn2)cc1F. The first-order valence-electron chi connectivity index (χ1n) is 9.98. The Balaban J connectivity index is 1.61. The molecule has 0 aliphatic heterocycles. The lowest BCUT2D eigenvalue weighted by atomic mass is 9.87. The van der Waals surface area contributed by atoms with Crippen LogP contribution in [-0.4, -0.2) is 31.1 Å². The lowest BCUT2D eigenvalue weighted by Gasteiger charge is -2.21. The molecule has 1 unspecified atom stereocenters. The largest absolute Gasteiger partial charge is 0.310 e. The second kappa shape index (κ2) is 8.99. The summed E-state index contributed by atoms with van der Waals surface area (Å²) in [4.78, 5) is 17.4. The van der Waals surface area contributed by atoms with Crippen molar-refractivity contribution in [2.45, 2.75) is 44.9 Å². The van der Waals surface area contributed by atoms with Gasteiger partial charge in [-0.3, -0.25) is 4.79 Å². The highest BCUT2D eigenvalue weighted by molar-refractivity contribution is 9.10. The zero-order valence-corrected chi connectivity index (χ0v) is 18.1. The maximum atomic E-state index is 14.9. The Hall–Kier alpha value is -2.68. The number of tetrazole rings is 1. The number of pyridine rings is 1. The molecule has 1 saturated carbocycles. The van der Waals surface area contributed by atoms with Crippen LogP contribution in [0.2, 0.25) is 0 Å². The molecule has 4 rings (SSSR count). The van der Waals surface area contributed by atoms with Gasteiger partial charge in [-0.2, -0.15) is 4.68 Å². The maximum Gasteiger partial charge on any atom is 0.233 e. The number of carbonyl (C=O) groups excluding carboxylic acids is 1. The number of aromatic nitrogens is 5. The topological polar surface area (TPSA) is 85.6 Å². The molecule has 1 aliphatic rings. The van der Waals surface area contributed by atoms with Crippen LogP contribution in [0.25, 0.3) is 5.69 Å². The van der Waals surface area contributed by atoms with Gasteiger partial charge in [0, 0.05) is 10.7 Å². The molecule has 1 atom stereocenters. The predicted octanol–water partition coefficient (Wildman–Crippen LogP) is 4.57. The van der Waals surface area contributed by atoms with Crippen molar-refractivity contribution in [2.24, 2.45) is 5.92 Å². The van der Waals surface area contributed by atoms with Crippen molar-refractivity contribution in [3.63, 3.8) is 0 Å². The number of nitrogens with one attached hydrogen (secondary N) is 1. The Bertz CT molecular complexity index is 1030. The molecular formula is C21H22BrFN6O. The number of hydrogen-bond donors (Lipinski definition) is 1. The van der Waals surface area contributed by atoms with E-state index in [1.54, 1.807) is 31.3 Å². The summed E-state index contributed by atoms with van der Waals surface area (Å²) < 4.78 is 17.1. The second-order valence-electron chi connectivity index (χ2n) is 7.64. The fraction of sp³-hybridized carbons (Fsp3) is 0.381. The molecule has 0 bridgehead atoms. The molecule has 0 saturated heterocycles. The molecule has 7 nitrogen and oxygen atoms in total. The Labute approximate surface area is 182 Å². The second-order valence-corrected chi connectivity index (χ2v) is 8.55. The van der Waals surface area contributed by atoms with Gasteiger partial charge in [0.1, 0.15) is 17.3 Å². The highest BCUT2D eigenvalue weighted by Crippen LogP contribution is 2.35. The van der Waals surface area contributed by atoms with Gasteiger partial charge < -0.3 is 5.32 Å². The fourth-order valence-electron chi connectivity index (χ4n) is 4.00. The van der Waals surface area contributed by atoms with E-state index in [1.165, 1.54) is 23.6 Å². The molecule has 3 aromatic rings. The monoisotopic (exact) mass is 472 g/mol. The quantitative estimate of drug-likeness (QED) is 0.567. The van der Waals surface area contributed by atoms with Crippen molar-refractivity contribution >= 4 is 27.7 Å². The molecule has 9 heteroatoms. The van der Waals surface area contributed by atoms with E-state index in [9.17, 15) is 9.18 Å². The van der Waals surface area contributed by atoms with Crippen LogP contribution >= 0.6 is 15.9 Å². The van der Waals surface area contributed by atoms with Crippen LogP contribution in [0.15, 0.2) is 41.0 Å². The van der Waals surface area contributed by atoms with E-state index < -0.39 is 11.7 Å². The third-order valence-corrected chi connectivity index (χ3v) is 6.04. The van der Waals surface area contributed by atoms with Crippen LogP contribution < -0.4 is 5.32 Å². The van der Waals surface area contributed by atoms with Gasteiger partial charge in [-0.15, -0.1) is 5.10 Å². The van der Waals surface area contributed by atoms with Gasteiger partial charge in [0.05, 0.1) is 5.92 Å². The molecule has 1 aromatic carbocycles. The Morgan fingerprint density at radius 2 is 2.10 bits per heavy atom. The van der Waals surface area contributed by atoms with Crippen LogP contribution in [0.5, 0.6) is 0 Å². The van der Waals surface area contributed by atoms with Gasteiger partial charge in [0.2, 0.25) is 5.91 Å². The summed E-state index contributed by atoms with van der Waals surface area (Å²) in [7, 11) is 0. The van der Waals surface area contributed by atoms with Crippen LogP contribution in [-0.2, 0) is 4.79 Å². The summed E-state index contributed by atoms with van der Waals surface area (Å²) >= 11 is 3.34. The van der Waals surface area contributed by atoms with Crippen LogP contribution in [0.3, 0.4) is 0 Å². The van der Waals surface area contributed by atoms with Gasteiger partial charge in [-0.1, -0.05) is 31.7 Å². The van der Waals surface area contributed by atoms with Gasteiger partial charge in [0.15, 0.2) is 5.82 Å². The summed E-state index contributed by atoms with van der Waals surface area (Å²) in [6.45, 7) is 1.70. The zero-order chi connectivity index (χ0) is 21.1. The van der Waals surface area contributed by atoms with E-state index in [4.69, 9.17) is 0 Å². The number of halogens is 2. The minimum absolute atomic E-state index is 0.178. The summed E-state index contributed by atoms with van der Waals surface area (Å²) in [6, 6.07) is 8.38. The number of benzene rings is 1. The van der Waals surface area contributed by atoms with Crippen molar-refractivity contribution in [3.05, 3.63) is 58.2 Å². The number of hydrogen-bond acceptors (Lipinski definition) is 5. The lowest BCUT2D eigenvalue weighted by Crippen LogP contribution is -2.24. The van der Waals surface area contributed by atoms with E-state index in [0.717, 1.165) is 17.3 Å². The number of rotatable bonds is 6. The molecule has 0 radical (unpaired) electrons. The summed E-state index contributed by atoms with van der Waals surface area (Å²) in [5, 5.41) is 14.1. The minimum atomic E-state index is -0.464. The van der Waals surface area contributed by atoms with Gasteiger partial charge in [-0.25, -0.2) is 9.37 Å². The number of nitrogens with zero attached hydrogens (tertiary/aromatic N) is 5. The lowest BCUT2D eigenvalue weighted by molar-refractivity contribution is -0.118. The van der Waals surface area contributed by atoms with Crippen LogP contribution in [0.4, 0.5) is 10.2 Å². The number of carbonyl (C=O) groups is 1. The van der Waals surface area contributed by atoms with Gasteiger partial charge in [-0.05, 0) is 75.4 Å². The van der Waals surface area contributed by atoms with Crippen molar-refractivity contribution in [2.75, 3.05) is 5.32 Å². The van der Waals surface area contributed by atoms with Crippen molar-refractivity contribution in [1.82, 2.24) is 25.2 Å². The molecule has 1 amide bonds. The number of anilines is 1. The minimum Gasteiger partial charge on any atom is -0.310 e. The molecule has 30 heavy (non-hydrogen) atoms. The third kappa shape index (κ3) is 4.56. The Kier molecular flexibility index (Phi) is 6.17. The number of amides is 1. The van der Waals surface area contributed by atoms with Gasteiger partial charge in [0.25, 0.3) is 0 Å². The third-order valence-electron chi connectivity index (χ3n) is 5.57. The first-order valence-corrected chi connectivity index (χ1v) is 10.8. The van der Waals surface area contributed by atoms with Crippen LogP contribution in [0, 0.1) is 18.7 Å². The summed E-state index contributed by atoms with van der Waals surface area (Å²) in [6.07, 6.45) is 6.88. The molecule has 1 aliphatic carbocycles. The van der Waals surface area contributed by atoms with Crippen LogP contribution in [0.1, 0.15) is 49.4 Å². The van der Waals surface area contributed by atoms with E-state index in [1.807, 2.05) is 6.07 Å². The Morgan fingerprint density at radius 3 is 2.73 bits per heavy atom. The average molecular weight is 473 g/mol. The fourth-order valence-corrected chi connectivity index (χ4v) is 4.24. The van der Waals surface area contributed by atoms with Gasteiger partial charge >= 0.3 is 0 Å². The predicted molar refractivity (Wildman–Crippen MR) is 114 cm³/mol. The molecule has 1 N–H and O–H groups in total. The first kappa shape index (κ1) is 20.6. The van der Waals surface area contributed by atoms with Crippen molar-refractivity contribution in [3.8, 4) is 5.69 Å². The smallest absolute Gasteiger partial charge is 0.233 e.